The first-order valence-corrected chi connectivity index (χ1v) is 5.92. The van der Waals surface area contributed by atoms with Crippen molar-refractivity contribution in [3.63, 3.8) is 0 Å². The monoisotopic (exact) mass is 245 g/mol. The van der Waals surface area contributed by atoms with Crippen LogP contribution in [0.25, 0.3) is 21.8 Å². The highest BCUT2D eigenvalue weighted by atomic mass is 32.1. The fourth-order valence-corrected chi connectivity index (χ4v) is 2.38. The first-order valence-electron chi connectivity index (χ1n) is 5.04. The molecular formula is C12H8FN3S. The van der Waals surface area contributed by atoms with Crippen molar-refractivity contribution in [1.29, 1.82) is 0 Å². The third-order valence-electron chi connectivity index (χ3n) is 2.44. The van der Waals surface area contributed by atoms with Crippen molar-refractivity contribution in [3.8, 4) is 21.8 Å². The summed E-state index contributed by atoms with van der Waals surface area (Å²) >= 11 is 1.49. The minimum atomic E-state index is 0.494. The van der Waals surface area contributed by atoms with Gasteiger partial charge in [0.25, 0.3) is 0 Å². The topological polar surface area (TPSA) is 30.7 Å². The fraction of sp³-hybridized carbons (Fsp3) is 0. The van der Waals surface area contributed by atoms with Crippen LogP contribution in [0.3, 0.4) is 0 Å². The molecule has 3 rings (SSSR count). The van der Waals surface area contributed by atoms with Gasteiger partial charge in [0, 0.05) is 41.3 Å². The Labute approximate surface area is 101 Å². The van der Waals surface area contributed by atoms with Crippen LogP contribution in [0.2, 0.25) is 0 Å². The molecule has 17 heavy (non-hydrogen) atoms. The molecule has 0 N–H and O–H groups in total. The lowest BCUT2D eigenvalue weighted by molar-refractivity contribution is 0.377. The Hall–Kier alpha value is -2.01. The van der Waals surface area contributed by atoms with Crippen molar-refractivity contribution in [2.24, 2.45) is 0 Å². The maximum Gasteiger partial charge on any atom is 0.125 e. The number of thiazole rings is 1. The molecule has 3 heterocycles. The van der Waals surface area contributed by atoms with E-state index in [0.717, 1.165) is 16.1 Å². The van der Waals surface area contributed by atoms with E-state index in [0.29, 0.717) is 10.5 Å². The van der Waals surface area contributed by atoms with Crippen LogP contribution >= 0.6 is 11.3 Å². The highest BCUT2D eigenvalue weighted by molar-refractivity contribution is 7.13. The molecule has 84 valence electrons. The summed E-state index contributed by atoms with van der Waals surface area (Å²) in [4.78, 5) is 8.82. The standard InChI is InChI=1S/C12H8FN3S/c13-16-6-3-10(12-15-5-7-17-12)11(16)9-2-1-4-14-8-9/h1-8H. The van der Waals surface area contributed by atoms with E-state index in [-0.39, 0.29) is 0 Å². The molecule has 0 saturated carbocycles. The molecular weight excluding hydrogens is 237 g/mol. The van der Waals surface area contributed by atoms with Crippen molar-refractivity contribution in [2.75, 3.05) is 0 Å². The molecule has 0 fully saturated rings. The predicted molar refractivity (Wildman–Crippen MR) is 65.3 cm³/mol. The maximum atomic E-state index is 13.8. The predicted octanol–water partition coefficient (Wildman–Crippen LogP) is 3.41. The van der Waals surface area contributed by atoms with Gasteiger partial charge in [0.1, 0.15) is 5.01 Å². The first-order chi connectivity index (χ1) is 8.36. The second-order valence-corrected chi connectivity index (χ2v) is 4.36. The van der Waals surface area contributed by atoms with Gasteiger partial charge in [0.2, 0.25) is 0 Å². The second kappa shape index (κ2) is 4.10. The molecule has 3 nitrogen and oxygen atoms in total. The smallest absolute Gasteiger partial charge is 0.125 e. The van der Waals surface area contributed by atoms with Gasteiger partial charge >= 0.3 is 0 Å². The Morgan fingerprint density at radius 1 is 1.24 bits per heavy atom. The summed E-state index contributed by atoms with van der Waals surface area (Å²) in [6.45, 7) is 0. The molecule has 0 aliphatic carbocycles. The van der Waals surface area contributed by atoms with E-state index >= 15 is 0 Å². The van der Waals surface area contributed by atoms with Crippen LogP contribution in [0.1, 0.15) is 0 Å². The lowest BCUT2D eigenvalue weighted by atomic mass is 10.1. The van der Waals surface area contributed by atoms with Gasteiger partial charge in [-0.25, -0.2) is 4.98 Å². The lowest BCUT2D eigenvalue weighted by Gasteiger charge is -2.02. The molecule has 3 aromatic heterocycles. The Balaban J connectivity index is 2.20. The molecule has 0 aliphatic heterocycles. The van der Waals surface area contributed by atoms with Gasteiger partial charge in [-0.2, -0.15) is 4.79 Å². The van der Waals surface area contributed by atoms with Crippen LogP contribution in [-0.2, 0) is 0 Å². The van der Waals surface area contributed by atoms with Crippen molar-refractivity contribution in [1.82, 2.24) is 14.8 Å². The van der Waals surface area contributed by atoms with E-state index in [1.54, 1.807) is 30.7 Å². The van der Waals surface area contributed by atoms with Crippen LogP contribution < -0.4 is 0 Å². The van der Waals surface area contributed by atoms with E-state index in [2.05, 4.69) is 9.97 Å². The minimum absolute atomic E-state index is 0.494. The number of halogens is 1. The van der Waals surface area contributed by atoms with Gasteiger partial charge in [-0.1, -0.05) is 4.48 Å². The third kappa shape index (κ3) is 1.74. The number of hydrogen-bond donors (Lipinski definition) is 0. The summed E-state index contributed by atoms with van der Waals surface area (Å²) < 4.78 is 13.8. The average Bonchev–Trinajstić information content (AvgIpc) is 2.98. The van der Waals surface area contributed by atoms with E-state index in [9.17, 15) is 4.48 Å². The molecule has 3 aromatic rings. The summed E-state index contributed by atoms with van der Waals surface area (Å²) in [6, 6.07) is 5.34. The first kappa shape index (κ1) is 10.2. The van der Waals surface area contributed by atoms with Crippen LogP contribution in [-0.4, -0.2) is 14.8 Å². The van der Waals surface area contributed by atoms with Crippen LogP contribution in [0.4, 0.5) is 4.48 Å². The largest absolute Gasteiger partial charge is 0.264 e. The van der Waals surface area contributed by atoms with Crippen molar-refractivity contribution >= 4 is 11.3 Å². The molecule has 0 unspecified atom stereocenters. The quantitative estimate of drug-likeness (QED) is 0.692. The molecule has 0 atom stereocenters. The molecule has 0 radical (unpaired) electrons. The Morgan fingerprint density at radius 3 is 2.88 bits per heavy atom. The zero-order valence-electron chi connectivity index (χ0n) is 8.75. The van der Waals surface area contributed by atoms with E-state index < -0.39 is 0 Å². The molecule has 0 spiro atoms. The summed E-state index contributed by atoms with van der Waals surface area (Å²) in [5, 5.41) is 2.68. The molecule has 0 aromatic carbocycles. The summed E-state index contributed by atoms with van der Waals surface area (Å²) in [7, 11) is 0. The highest BCUT2D eigenvalue weighted by Crippen LogP contribution is 2.33. The zero-order chi connectivity index (χ0) is 11.7. The summed E-state index contributed by atoms with van der Waals surface area (Å²) in [5.74, 6) is 0. The fourth-order valence-electron chi connectivity index (χ4n) is 1.72. The third-order valence-corrected chi connectivity index (χ3v) is 3.24. The van der Waals surface area contributed by atoms with Crippen LogP contribution in [0, 0.1) is 0 Å². The Bertz CT molecular complexity index is 617. The number of nitrogens with zero attached hydrogens (tertiary/aromatic N) is 3. The van der Waals surface area contributed by atoms with Gasteiger partial charge in [-0.05, 0) is 18.2 Å². The highest BCUT2D eigenvalue weighted by Gasteiger charge is 2.14. The SMILES string of the molecule is Fn1ccc(-c2nccs2)c1-c1cccnc1. The van der Waals surface area contributed by atoms with Gasteiger partial charge in [-0.3, -0.25) is 4.98 Å². The van der Waals surface area contributed by atoms with Crippen molar-refractivity contribution in [3.05, 3.63) is 48.4 Å². The second-order valence-electron chi connectivity index (χ2n) is 3.47. The van der Waals surface area contributed by atoms with E-state index in [4.69, 9.17) is 0 Å². The molecule has 0 amide bonds. The summed E-state index contributed by atoms with van der Waals surface area (Å²) in [5.41, 5.74) is 2.02. The molecule has 5 heteroatoms. The van der Waals surface area contributed by atoms with E-state index in [1.807, 2.05) is 11.4 Å². The van der Waals surface area contributed by atoms with E-state index in [1.165, 1.54) is 17.5 Å². The maximum absolute atomic E-state index is 13.8. The Morgan fingerprint density at radius 2 is 2.18 bits per heavy atom. The zero-order valence-corrected chi connectivity index (χ0v) is 9.56. The normalized spacial score (nSPS) is 10.6. The lowest BCUT2D eigenvalue weighted by Crippen LogP contribution is -1.88. The van der Waals surface area contributed by atoms with Gasteiger partial charge < -0.3 is 0 Å². The van der Waals surface area contributed by atoms with Crippen LogP contribution in [0.15, 0.2) is 48.4 Å². The number of rotatable bonds is 2. The molecule has 0 saturated heterocycles. The van der Waals surface area contributed by atoms with Crippen molar-refractivity contribution < 1.29 is 4.48 Å². The van der Waals surface area contributed by atoms with Gasteiger partial charge in [0.15, 0.2) is 0 Å². The number of hydrogen-bond acceptors (Lipinski definition) is 3. The minimum Gasteiger partial charge on any atom is -0.264 e. The van der Waals surface area contributed by atoms with Crippen molar-refractivity contribution in [2.45, 2.75) is 0 Å². The number of aromatic nitrogens is 3. The molecule has 0 aliphatic rings. The van der Waals surface area contributed by atoms with Gasteiger partial charge in [0.05, 0.1) is 5.69 Å². The number of pyridine rings is 1. The average molecular weight is 245 g/mol. The molecule has 0 bridgehead atoms. The van der Waals surface area contributed by atoms with Crippen LogP contribution in [0.5, 0.6) is 0 Å². The van der Waals surface area contributed by atoms with Gasteiger partial charge in [-0.15, -0.1) is 11.3 Å². The Kier molecular flexibility index (Phi) is 2.45. The summed E-state index contributed by atoms with van der Waals surface area (Å²) in [6.07, 6.45) is 6.41.